The first-order valence-corrected chi connectivity index (χ1v) is 26.1. The number of nitrogens with zero attached hydrogens (tertiary/aromatic N) is 5. The van der Waals surface area contributed by atoms with Gasteiger partial charge < -0.3 is 58.5 Å². The van der Waals surface area contributed by atoms with Gasteiger partial charge in [-0.05, 0) is 51.4 Å². The number of carbonyl (C=O) groups is 4. The number of phenols is 1. The number of aromatic nitrogens is 2. The molecule has 5 bridgehead atoms. The van der Waals surface area contributed by atoms with E-state index in [1.807, 2.05) is 11.8 Å². The summed E-state index contributed by atoms with van der Waals surface area (Å²) in [6, 6.07) is 3.89. The molecule has 3 aromatic rings. The van der Waals surface area contributed by atoms with E-state index in [9.17, 15) is 29.7 Å². The molecule has 4 N–H and O–H groups in total. The van der Waals surface area contributed by atoms with Crippen LogP contribution >= 0.6 is 0 Å². The lowest BCUT2D eigenvalue weighted by Crippen LogP contribution is -2.58. The zero-order valence-electron chi connectivity index (χ0n) is 44.9. The summed E-state index contributed by atoms with van der Waals surface area (Å²) < 4.78 is 39.6. The molecule has 9 rings (SSSR count). The van der Waals surface area contributed by atoms with Crippen LogP contribution in [-0.2, 0) is 35.1 Å². The standard InChI is InChI=1S/C57H72N6O13/c1-31-15-13-16-32(2)56(70)60-48-52(69)45-44(47-55(48)75-41-18-14-17-40(46(41)59-47)72-27-12-11-21-61-23-25-63(26-24-61)42(65)29-62-22-20-58-30-62)43-37(7)57(9,76-54(43)36(6)51(45)68)73-28-19-39(71-10)33(3)53(74-38(8)64)35(5)50(67)34(4)49(31)66/h13-20,22,28,30-31,33-35,39,48-50,53,55,66-68H,7,11-12,21,23-27,29H2,1-6,8-10H3,(H,60,70)/b15-13+,28-19+,32-16-/t31-,33+,34+,35+,39-,48?,49-,50+,53+,55?,57-/m0/s1. The first kappa shape index (κ1) is 55.4. The molecule has 1 saturated heterocycles. The molecule has 1 aromatic heterocycles. The van der Waals surface area contributed by atoms with Crippen LogP contribution in [0.4, 0.5) is 5.69 Å². The first-order valence-electron chi connectivity index (χ1n) is 26.1. The predicted molar refractivity (Wildman–Crippen MR) is 282 cm³/mol. The van der Waals surface area contributed by atoms with Crippen LogP contribution in [0.1, 0.15) is 88.4 Å². The molecule has 2 unspecified atom stereocenters. The fourth-order valence-corrected chi connectivity index (χ4v) is 10.8. The van der Waals surface area contributed by atoms with Crippen LogP contribution in [0.15, 0.2) is 84.6 Å². The van der Waals surface area contributed by atoms with E-state index in [-0.39, 0.29) is 51.9 Å². The van der Waals surface area contributed by atoms with Gasteiger partial charge in [0, 0.05) is 111 Å². The number of rotatable bonds is 10. The molecule has 19 nitrogen and oxygen atoms in total. The van der Waals surface area contributed by atoms with Gasteiger partial charge in [0.15, 0.2) is 11.9 Å². The highest BCUT2D eigenvalue weighted by Crippen LogP contribution is 2.54. The van der Waals surface area contributed by atoms with Crippen LogP contribution in [0.3, 0.4) is 0 Å². The number of aliphatic hydroxyl groups is 2. The molecular formula is C57H72N6O13. The Kier molecular flexibility index (Phi) is 16.9. The molecule has 6 heterocycles. The number of hydrogen-bond donors (Lipinski definition) is 4. The van der Waals surface area contributed by atoms with Crippen molar-refractivity contribution in [1.29, 1.82) is 0 Å². The molecule has 408 valence electrons. The minimum atomic E-state index is -1.62. The van der Waals surface area contributed by atoms with Gasteiger partial charge in [-0.3, -0.25) is 24.1 Å². The van der Waals surface area contributed by atoms with Crippen molar-refractivity contribution >= 4 is 40.5 Å². The fraction of sp³-hybridized carbons (Fsp3) is 0.509. The van der Waals surface area contributed by atoms with E-state index in [0.717, 1.165) is 32.5 Å². The summed E-state index contributed by atoms with van der Waals surface area (Å²) in [7, 11) is 1.50. The number of allylic oxidation sites excluding steroid dienone is 2. The number of amides is 2. The molecule has 1 aliphatic carbocycles. The topological polar surface area (TPSA) is 233 Å². The van der Waals surface area contributed by atoms with Gasteiger partial charge in [-0.1, -0.05) is 58.6 Å². The smallest absolute Gasteiger partial charge is 0.302 e. The van der Waals surface area contributed by atoms with Gasteiger partial charge in [0.1, 0.15) is 47.4 Å². The number of ether oxygens (including phenoxy) is 6. The average molecular weight is 1050 g/mol. The molecule has 11 atom stereocenters. The number of piperazine rings is 1. The Morgan fingerprint density at radius 2 is 1.72 bits per heavy atom. The molecule has 0 saturated carbocycles. The maximum Gasteiger partial charge on any atom is 0.302 e. The van der Waals surface area contributed by atoms with Gasteiger partial charge in [0.25, 0.3) is 5.79 Å². The summed E-state index contributed by atoms with van der Waals surface area (Å²) in [5.41, 5.74) is 1.76. The van der Waals surface area contributed by atoms with Gasteiger partial charge >= 0.3 is 5.97 Å². The van der Waals surface area contributed by atoms with Crippen LogP contribution in [-0.4, -0.2) is 153 Å². The Morgan fingerprint density at radius 3 is 2.42 bits per heavy atom. The average Bonchev–Trinajstić information content (AvgIpc) is 4.03. The minimum Gasteiger partial charge on any atom is -0.507 e. The van der Waals surface area contributed by atoms with E-state index < -0.39 is 83.7 Å². The van der Waals surface area contributed by atoms with E-state index in [1.54, 1.807) is 107 Å². The highest BCUT2D eigenvalue weighted by molar-refractivity contribution is 6.26. The lowest BCUT2D eigenvalue weighted by Gasteiger charge is -2.38. The largest absolute Gasteiger partial charge is 0.507 e. The van der Waals surface area contributed by atoms with Gasteiger partial charge in [0.05, 0.1) is 48.8 Å². The van der Waals surface area contributed by atoms with Crippen molar-refractivity contribution in [3.05, 3.63) is 102 Å². The number of unbranched alkanes of at least 4 members (excludes halogenated alkanes) is 1. The Hall–Kier alpha value is -6.80. The Morgan fingerprint density at radius 1 is 0.974 bits per heavy atom. The second-order valence-electron chi connectivity index (χ2n) is 20.8. The zero-order chi connectivity index (χ0) is 54.7. The van der Waals surface area contributed by atoms with E-state index in [1.165, 1.54) is 20.3 Å². The Balaban J connectivity index is 1.10. The number of esters is 1. The third kappa shape index (κ3) is 11.2. The van der Waals surface area contributed by atoms with Crippen molar-refractivity contribution in [1.82, 2.24) is 24.7 Å². The number of nitrogens with one attached hydrogen (secondary N) is 1. The quantitative estimate of drug-likeness (QED) is 0.138. The summed E-state index contributed by atoms with van der Waals surface area (Å²) in [6.07, 6.45) is 9.60. The summed E-state index contributed by atoms with van der Waals surface area (Å²) in [5, 5.41) is 38.1. The number of aliphatic hydroxyl groups excluding tert-OH is 2. The number of methoxy groups -OCH3 is 1. The predicted octanol–water partition coefficient (Wildman–Crippen LogP) is 5.84. The number of Topliss-reactive ketones (excluding diaryl/α,β-unsaturated/α-hetero) is 1. The number of hydrogen-bond acceptors (Lipinski definition) is 16. The number of aliphatic imine (C=N–C) groups is 1. The van der Waals surface area contributed by atoms with E-state index >= 15 is 4.79 Å². The lowest BCUT2D eigenvalue weighted by molar-refractivity contribution is -0.160. The van der Waals surface area contributed by atoms with Crippen molar-refractivity contribution in [2.24, 2.45) is 28.7 Å². The molecule has 0 spiro atoms. The molecule has 19 heteroatoms. The molecule has 6 aliphatic rings. The third-order valence-electron chi connectivity index (χ3n) is 15.6. The monoisotopic (exact) mass is 1050 g/mol. The molecule has 5 aliphatic heterocycles. The number of phenolic OH excluding ortho intramolecular Hbond substituents is 1. The molecular weight excluding hydrogens is 977 g/mol. The van der Waals surface area contributed by atoms with Crippen molar-refractivity contribution in [2.75, 3.05) is 46.4 Å². The van der Waals surface area contributed by atoms with Crippen molar-refractivity contribution in [2.45, 2.75) is 117 Å². The highest BCUT2D eigenvalue weighted by atomic mass is 16.7. The molecule has 0 radical (unpaired) electrons. The number of para-hydroxylation sites is 1. The van der Waals surface area contributed by atoms with Crippen LogP contribution in [0, 0.1) is 30.6 Å². The summed E-state index contributed by atoms with van der Waals surface area (Å²) in [5.74, 6) is -5.18. The van der Waals surface area contributed by atoms with E-state index in [0.29, 0.717) is 48.0 Å². The van der Waals surface area contributed by atoms with Crippen LogP contribution < -0.4 is 19.5 Å². The maximum absolute atomic E-state index is 15.0. The van der Waals surface area contributed by atoms with E-state index in [2.05, 4.69) is 21.8 Å². The fourth-order valence-electron chi connectivity index (χ4n) is 10.8. The van der Waals surface area contributed by atoms with Crippen LogP contribution in [0.5, 0.6) is 23.0 Å². The van der Waals surface area contributed by atoms with E-state index in [4.69, 9.17) is 33.4 Å². The number of fused-ring (bicyclic) bond motifs is 14. The maximum atomic E-state index is 15.0. The molecule has 2 amide bonds. The Labute approximate surface area is 443 Å². The Bertz CT molecular complexity index is 2820. The molecule has 2 aromatic carbocycles. The lowest BCUT2D eigenvalue weighted by atomic mass is 9.77. The number of ketones is 1. The van der Waals surface area contributed by atoms with Gasteiger partial charge in [-0.25, -0.2) is 9.98 Å². The van der Waals surface area contributed by atoms with Crippen molar-refractivity contribution in [3.8, 4) is 23.0 Å². The zero-order valence-corrected chi connectivity index (χ0v) is 44.9. The number of carbonyl (C=O) groups excluding carboxylic acids is 4. The molecule has 1 fully saturated rings. The van der Waals surface area contributed by atoms with Gasteiger partial charge in [-0.15, -0.1) is 0 Å². The van der Waals surface area contributed by atoms with Crippen LogP contribution in [0.25, 0.3) is 5.57 Å². The summed E-state index contributed by atoms with van der Waals surface area (Å²) in [4.78, 5) is 68.0. The highest BCUT2D eigenvalue weighted by Gasteiger charge is 2.53. The second kappa shape index (κ2) is 23.2. The van der Waals surface area contributed by atoms with Crippen LogP contribution in [0.2, 0.25) is 0 Å². The number of benzene rings is 2. The van der Waals surface area contributed by atoms with Crippen molar-refractivity contribution < 1.29 is 62.9 Å². The SMILES string of the molecule is C=C1c2c3c(C)c(O)c4c2C2=Nc5c(OCCCCN6CCN(C(=O)Cn7ccnc7)CC6)cccc5OC2C(NC(=O)/C(C)=C\C=C\[C@H](C)[C@H](O)[C@@H](C)[C@@H](O)[C@@H](C)[C@H](OC(C)=O)[C@H](C)[C@@H](OC)/C=C/O[C@@]1(C)O3)C4=O. The minimum absolute atomic E-state index is 0.0720. The second-order valence-corrected chi connectivity index (χ2v) is 20.8. The normalized spacial score (nSPS) is 30.5. The number of aromatic hydroxyl groups is 1. The summed E-state index contributed by atoms with van der Waals surface area (Å²) >= 11 is 0. The van der Waals surface area contributed by atoms with Crippen molar-refractivity contribution in [3.63, 3.8) is 0 Å². The van der Waals surface area contributed by atoms with Gasteiger partial charge in [-0.2, -0.15) is 0 Å². The third-order valence-corrected chi connectivity index (χ3v) is 15.6. The summed E-state index contributed by atoms with van der Waals surface area (Å²) in [6.45, 7) is 22.0. The van der Waals surface area contributed by atoms with Gasteiger partial charge in [0.2, 0.25) is 11.8 Å². The first-order chi connectivity index (χ1) is 36.2. The number of imidazole rings is 1. The molecule has 76 heavy (non-hydrogen) atoms.